The van der Waals surface area contributed by atoms with Gasteiger partial charge in [-0.2, -0.15) is 0 Å². The summed E-state index contributed by atoms with van der Waals surface area (Å²) in [6.07, 6.45) is 0. The van der Waals surface area contributed by atoms with Crippen LogP contribution in [-0.2, 0) is 0 Å². The number of nitrogens with zero attached hydrogens (tertiary/aromatic N) is 1. The first-order valence-corrected chi connectivity index (χ1v) is 20.4. The van der Waals surface area contributed by atoms with E-state index in [9.17, 15) is 0 Å². The molecule has 0 atom stereocenters. The smallest absolute Gasteiger partial charge is 0.0467 e. The van der Waals surface area contributed by atoms with E-state index >= 15 is 0 Å². The van der Waals surface area contributed by atoms with Crippen molar-refractivity contribution in [1.29, 1.82) is 0 Å². The van der Waals surface area contributed by atoms with E-state index < -0.39 is 0 Å². The SMILES string of the molecule is c1ccc(-c2c(-c3cccc(N(c4ccccc4)c4cccc(-c5c(-c6ccccc6)c6ccccc6c6ccccc56)c4)c3)c3ccccc3c3ccccc23)cc1. The number of rotatable bonds is 7. The highest BCUT2D eigenvalue weighted by Crippen LogP contribution is 2.48. The Labute approximate surface area is 344 Å². The van der Waals surface area contributed by atoms with Crippen LogP contribution in [0.3, 0.4) is 0 Å². The lowest BCUT2D eigenvalue weighted by atomic mass is 9.84. The van der Waals surface area contributed by atoms with Crippen molar-refractivity contribution in [2.24, 2.45) is 0 Å². The largest absolute Gasteiger partial charge is 0.310 e. The summed E-state index contributed by atoms with van der Waals surface area (Å²) in [4.78, 5) is 2.41. The van der Waals surface area contributed by atoms with Gasteiger partial charge in [-0.3, -0.25) is 0 Å². The summed E-state index contributed by atoms with van der Waals surface area (Å²) in [6, 6.07) is 86.2. The first kappa shape index (κ1) is 34.5. The van der Waals surface area contributed by atoms with Crippen molar-refractivity contribution < 1.29 is 0 Å². The summed E-state index contributed by atoms with van der Waals surface area (Å²) in [5, 5.41) is 10.0. The van der Waals surface area contributed by atoms with Crippen molar-refractivity contribution in [3.05, 3.63) is 237 Å². The monoisotopic (exact) mass is 749 g/mol. The number of hydrogen-bond donors (Lipinski definition) is 0. The first-order chi connectivity index (χ1) is 29.3. The van der Waals surface area contributed by atoms with E-state index in [4.69, 9.17) is 0 Å². The fourth-order valence-electron chi connectivity index (χ4n) is 9.32. The lowest BCUT2D eigenvalue weighted by Crippen LogP contribution is -2.10. The van der Waals surface area contributed by atoms with Crippen LogP contribution in [0.4, 0.5) is 17.1 Å². The van der Waals surface area contributed by atoms with Crippen molar-refractivity contribution in [2.75, 3.05) is 4.90 Å². The summed E-state index contributed by atoms with van der Waals surface area (Å²) in [5.41, 5.74) is 13.0. The molecular formula is C58H39N. The quantitative estimate of drug-likeness (QED) is 0.147. The third-order valence-corrected chi connectivity index (χ3v) is 11.8. The molecule has 0 unspecified atom stereocenters. The van der Waals surface area contributed by atoms with E-state index in [1.54, 1.807) is 0 Å². The normalized spacial score (nSPS) is 11.4. The highest BCUT2D eigenvalue weighted by Gasteiger charge is 2.22. The zero-order chi connectivity index (χ0) is 39.1. The van der Waals surface area contributed by atoms with Gasteiger partial charge < -0.3 is 4.90 Å². The standard InChI is InChI=1S/C58H39N/c1-4-20-40(21-5-1)55-51-34-14-10-30-47(51)49-32-12-16-36-53(49)57(55)42-24-18-28-45(38-42)59(44-26-8-3-9-27-44)46-29-19-25-43(39-46)58-54-37-17-13-33-50(54)48-31-11-15-35-52(48)56(58)41-22-6-2-7-23-41/h1-39H. The Kier molecular flexibility index (Phi) is 8.56. The predicted molar refractivity (Wildman–Crippen MR) is 253 cm³/mol. The third-order valence-electron chi connectivity index (χ3n) is 11.8. The van der Waals surface area contributed by atoms with E-state index in [2.05, 4.69) is 241 Å². The molecule has 11 aromatic rings. The van der Waals surface area contributed by atoms with Crippen molar-refractivity contribution in [2.45, 2.75) is 0 Å². The van der Waals surface area contributed by atoms with Gasteiger partial charge in [-0.25, -0.2) is 0 Å². The maximum absolute atomic E-state index is 2.41. The molecule has 0 aromatic heterocycles. The van der Waals surface area contributed by atoms with E-state index in [-0.39, 0.29) is 0 Å². The molecule has 0 fully saturated rings. The summed E-state index contributed by atoms with van der Waals surface area (Å²) in [7, 11) is 0. The Bertz CT molecular complexity index is 3110. The molecular weight excluding hydrogens is 711 g/mol. The third kappa shape index (κ3) is 5.95. The van der Waals surface area contributed by atoms with Gasteiger partial charge >= 0.3 is 0 Å². The maximum Gasteiger partial charge on any atom is 0.0467 e. The number of para-hydroxylation sites is 1. The van der Waals surface area contributed by atoms with Crippen molar-refractivity contribution >= 4 is 60.2 Å². The first-order valence-electron chi connectivity index (χ1n) is 20.4. The number of anilines is 3. The molecule has 0 spiro atoms. The lowest BCUT2D eigenvalue weighted by molar-refractivity contribution is 1.28. The van der Waals surface area contributed by atoms with Crippen LogP contribution >= 0.6 is 0 Å². The fraction of sp³-hybridized carbons (Fsp3) is 0. The molecule has 0 aliphatic heterocycles. The Morgan fingerprint density at radius 2 is 0.441 bits per heavy atom. The van der Waals surface area contributed by atoms with Gasteiger partial charge in [-0.05, 0) is 124 Å². The molecule has 0 bridgehead atoms. The van der Waals surface area contributed by atoms with Crippen molar-refractivity contribution in [3.63, 3.8) is 0 Å². The molecule has 0 heterocycles. The highest BCUT2D eigenvalue weighted by atomic mass is 15.1. The minimum absolute atomic E-state index is 1.09. The van der Waals surface area contributed by atoms with Crippen LogP contribution in [0, 0.1) is 0 Å². The molecule has 0 saturated heterocycles. The van der Waals surface area contributed by atoms with Gasteiger partial charge in [-0.15, -0.1) is 0 Å². The van der Waals surface area contributed by atoms with Crippen LogP contribution < -0.4 is 4.90 Å². The Morgan fingerprint density at radius 1 is 0.186 bits per heavy atom. The van der Waals surface area contributed by atoms with Gasteiger partial charge in [0.05, 0.1) is 0 Å². The van der Waals surface area contributed by atoms with Crippen LogP contribution in [-0.4, -0.2) is 0 Å². The summed E-state index contributed by atoms with van der Waals surface area (Å²) >= 11 is 0. The molecule has 0 N–H and O–H groups in total. The second-order valence-corrected chi connectivity index (χ2v) is 15.2. The van der Waals surface area contributed by atoms with E-state index in [0.29, 0.717) is 0 Å². The average Bonchev–Trinajstić information content (AvgIpc) is 3.32. The van der Waals surface area contributed by atoms with Crippen molar-refractivity contribution in [1.82, 2.24) is 0 Å². The minimum Gasteiger partial charge on any atom is -0.310 e. The van der Waals surface area contributed by atoms with Gasteiger partial charge in [0, 0.05) is 17.1 Å². The molecule has 0 saturated carbocycles. The minimum atomic E-state index is 1.09. The molecule has 0 amide bonds. The van der Waals surface area contributed by atoms with Crippen molar-refractivity contribution in [3.8, 4) is 44.5 Å². The predicted octanol–water partition coefficient (Wildman–Crippen LogP) is 16.4. The lowest BCUT2D eigenvalue weighted by Gasteiger charge is -2.27. The average molecular weight is 750 g/mol. The molecule has 59 heavy (non-hydrogen) atoms. The topological polar surface area (TPSA) is 3.24 Å². The molecule has 0 aliphatic carbocycles. The summed E-state index contributed by atoms with van der Waals surface area (Å²) < 4.78 is 0. The molecule has 276 valence electrons. The van der Waals surface area contributed by atoms with E-state index in [1.165, 1.54) is 87.6 Å². The number of hydrogen-bond acceptors (Lipinski definition) is 1. The molecule has 1 heteroatoms. The number of fused-ring (bicyclic) bond motifs is 6. The Balaban J connectivity index is 1.16. The maximum atomic E-state index is 2.41. The van der Waals surface area contributed by atoms with Crippen LogP contribution in [0.25, 0.3) is 87.6 Å². The van der Waals surface area contributed by atoms with E-state index in [1.807, 2.05) is 0 Å². The van der Waals surface area contributed by atoms with Gasteiger partial charge in [0.25, 0.3) is 0 Å². The number of benzene rings is 11. The van der Waals surface area contributed by atoms with Crippen LogP contribution in [0.15, 0.2) is 237 Å². The molecule has 0 aliphatic rings. The molecule has 11 aromatic carbocycles. The van der Waals surface area contributed by atoms with Gasteiger partial charge in [0.2, 0.25) is 0 Å². The van der Waals surface area contributed by atoms with Crippen LogP contribution in [0.1, 0.15) is 0 Å². The highest BCUT2D eigenvalue weighted by molar-refractivity contribution is 6.23. The molecule has 11 rings (SSSR count). The zero-order valence-electron chi connectivity index (χ0n) is 32.5. The Morgan fingerprint density at radius 3 is 0.797 bits per heavy atom. The fourth-order valence-corrected chi connectivity index (χ4v) is 9.32. The molecule has 0 radical (unpaired) electrons. The van der Waals surface area contributed by atoms with Gasteiger partial charge in [0.1, 0.15) is 0 Å². The summed E-state index contributed by atoms with van der Waals surface area (Å²) in [5.74, 6) is 0. The molecule has 1 nitrogen and oxygen atoms in total. The van der Waals surface area contributed by atoms with Gasteiger partial charge in [0.15, 0.2) is 0 Å². The van der Waals surface area contributed by atoms with E-state index in [0.717, 1.165) is 17.1 Å². The Hall–Kier alpha value is -7.74. The van der Waals surface area contributed by atoms with Crippen LogP contribution in [0.2, 0.25) is 0 Å². The second-order valence-electron chi connectivity index (χ2n) is 15.2. The summed E-state index contributed by atoms with van der Waals surface area (Å²) in [6.45, 7) is 0. The zero-order valence-corrected chi connectivity index (χ0v) is 32.5. The van der Waals surface area contributed by atoms with Gasteiger partial charge in [-0.1, -0.05) is 200 Å². The second kappa shape index (κ2) is 14.6. The van der Waals surface area contributed by atoms with Crippen LogP contribution in [0.5, 0.6) is 0 Å².